The standard InChI is InChI=1S/C21H17ClF3N5O/c1-11(12-3-2-4-14(16(12)23)21(24,25)9-31)29-18-13-7-15(20(8-26)5-6-20)17(22)30-19(13)28-10-27-18/h2-4,7,10-11,31H,5-6,9H2,1H3,(H,27,28,29,30)/t11-/m1/s1. The van der Waals surface area contributed by atoms with E-state index in [9.17, 15) is 18.4 Å². The van der Waals surface area contributed by atoms with Crippen molar-refractivity contribution in [1.82, 2.24) is 15.0 Å². The summed E-state index contributed by atoms with van der Waals surface area (Å²) in [6.07, 6.45) is 2.59. The van der Waals surface area contributed by atoms with Crippen LogP contribution in [-0.2, 0) is 11.3 Å². The quantitative estimate of drug-likeness (QED) is 0.535. The third-order valence-corrected chi connectivity index (χ3v) is 5.79. The minimum absolute atomic E-state index is 0.0183. The van der Waals surface area contributed by atoms with Crippen LogP contribution in [0, 0.1) is 17.1 Å². The number of halogens is 4. The summed E-state index contributed by atoms with van der Waals surface area (Å²) < 4.78 is 42.6. The minimum Gasteiger partial charge on any atom is -0.390 e. The van der Waals surface area contributed by atoms with Crippen LogP contribution in [0.1, 0.15) is 42.5 Å². The zero-order chi connectivity index (χ0) is 22.4. The number of aliphatic hydroxyl groups is 1. The fourth-order valence-corrected chi connectivity index (χ4v) is 3.83. The van der Waals surface area contributed by atoms with E-state index in [1.54, 1.807) is 13.0 Å². The van der Waals surface area contributed by atoms with E-state index in [2.05, 4.69) is 26.3 Å². The van der Waals surface area contributed by atoms with E-state index in [-0.39, 0.29) is 16.4 Å². The lowest BCUT2D eigenvalue weighted by molar-refractivity contribution is -0.0583. The molecule has 0 saturated heterocycles. The van der Waals surface area contributed by atoms with Gasteiger partial charge in [-0.1, -0.05) is 23.7 Å². The van der Waals surface area contributed by atoms with Crippen molar-refractivity contribution in [2.24, 2.45) is 0 Å². The van der Waals surface area contributed by atoms with Gasteiger partial charge in [-0.3, -0.25) is 0 Å². The number of benzene rings is 1. The van der Waals surface area contributed by atoms with Crippen LogP contribution in [-0.4, -0.2) is 26.7 Å². The molecule has 0 aliphatic heterocycles. The first-order chi connectivity index (χ1) is 14.7. The number of fused-ring (bicyclic) bond motifs is 1. The van der Waals surface area contributed by atoms with Crippen LogP contribution in [0.4, 0.5) is 19.0 Å². The van der Waals surface area contributed by atoms with Gasteiger partial charge in [0.15, 0.2) is 5.65 Å². The summed E-state index contributed by atoms with van der Waals surface area (Å²) in [6.45, 7) is 0.0940. The van der Waals surface area contributed by atoms with Crippen LogP contribution in [0.15, 0.2) is 30.6 Å². The first-order valence-electron chi connectivity index (χ1n) is 9.49. The molecule has 1 atom stereocenters. The maximum absolute atomic E-state index is 14.8. The molecule has 4 rings (SSSR count). The maximum Gasteiger partial charge on any atom is 0.298 e. The Morgan fingerprint density at radius 3 is 2.74 bits per heavy atom. The topological polar surface area (TPSA) is 94.7 Å². The van der Waals surface area contributed by atoms with E-state index in [1.165, 1.54) is 18.5 Å². The molecule has 1 aromatic carbocycles. The van der Waals surface area contributed by atoms with Crippen molar-refractivity contribution in [1.29, 1.82) is 5.26 Å². The summed E-state index contributed by atoms with van der Waals surface area (Å²) in [7, 11) is 0. The molecule has 0 spiro atoms. The molecule has 3 aromatic rings. The number of nitriles is 1. The van der Waals surface area contributed by atoms with Crippen molar-refractivity contribution in [3.8, 4) is 6.07 Å². The number of pyridine rings is 1. The average molecular weight is 448 g/mol. The largest absolute Gasteiger partial charge is 0.390 e. The predicted molar refractivity (Wildman–Crippen MR) is 108 cm³/mol. The normalized spacial score (nSPS) is 16.0. The maximum atomic E-state index is 14.8. The summed E-state index contributed by atoms with van der Waals surface area (Å²) in [5.74, 6) is -4.51. The SMILES string of the molecule is C[C@@H](Nc1ncnc2nc(Cl)c(C3(C#N)CC3)cc12)c1cccc(C(F)(F)CO)c1F. The summed E-state index contributed by atoms with van der Waals surface area (Å²) in [5.41, 5.74) is -0.726. The van der Waals surface area contributed by atoms with Crippen molar-refractivity contribution in [2.45, 2.75) is 37.1 Å². The van der Waals surface area contributed by atoms with E-state index in [0.29, 0.717) is 29.6 Å². The summed E-state index contributed by atoms with van der Waals surface area (Å²) in [6, 6.07) is 6.83. The first kappa shape index (κ1) is 21.3. The molecule has 0 bridgehead atoms. The number of alkyl halides is 2. The minimum atomic E-state index is -3.70. The van der Waals surface area contributed by atoms with Gasteiger partial charge in [0.2, 0.25) is 0 Å². The number of rotatable bonds is 6. The summed E-state index contributed by atoms with van der Waals surface area (Å²) in [5, 5.41) is 22.1. The lowest BCUT2D eigenvalue weighted by Gasteiger charge is -2.21. The van der Waals surface area contributed by atoms with E-state index >= 15 is 0 Å². The fraction of sp³-hybridized carbons (Fsp3) is 0.333. The molecule has 1 aliphatic carbocycles. The van der Waals surface area contributed by atoms with Crippen LogP contribution >= 0.6 is 11.6 Å². The van der Waals surface area contributed by atoms with Crippen LogP contribution in [0.5, 0.6) is 0 Å². The molecule has 2 heterocycles. The van der Waals surface area contributed by atoms with E-state index in [4.69, 9.17) is 16.7 Å². The Labute approximate surface area is 180 Å². The molecule has 0 radical (unpaired) electrons. The van der Waals surface area contributed by atoms with Gasteiger partial charge in [0, 0.05) is 11.1 Å². The van der Waals surface area contributed by atoms with Gasteiger partial charge < -0.3 is 10.4 Å². The molecule has 1 aliphatic rings. The van der Waals surface area contributed by atoms with Crippen LogP contribution in [0.25, 0.3) is 11.0 Å². The van der Waals surface area contributed by atoms with Crippen molar-refractivity contribution in [3.05, 3.63) is 58.3 Å². The van der Waals surface area contributed by atoms with E-state index < -0.39 is 35.4 Å². The Morgan fingerprint density at radius 2 is 2.10 bits per heavy atom. The van der Waals surface area contributed by atoms with Gasteiger partial charge in [-0.05, 0) is 31.9 Å². The molecular formula is C21H17ClF3N5O. The number of aliphatic hydroxyl groups excluding tert-OH is 1. The summed E-state index contributed by atoms with van der Waals surface area (Å²) in [4.78, 5) is 12.6. The molecule has 160 valence electrons. The Hall–Kier alpha value is -2.96. The van der Waals surface area contributed by atoms with Crippen LogP contribution in [0.3, 0.4) is 0 Å². The van der Waals surface area contributed by atoms with Gasteiger partial charge in [0.25, 0.3) is 5.92 Å². The molecule has 6 nitrogen and oxygen atoms in total. The highest BCUT2D eigenvalue weighted by atomic mass is 35.5. The van der Waals surface area contributed by atoms with Gasteiger partial charge in [-0.25, -0.2) is 19.3 Å². The Kier molecular flexibility index (Phi) is 5.23. The molecule has 0 amide bonds. The highest BCUT2D eigenvalue weighted by Crippen LogP contribution is 2.50. The fourth-order valence-electron chi connectivity index (χ4n) is 3.52. The highest BCUT2D eigenvalue weighted by Gasteiger charge is 2.47. The molecule has 2 aromatic heterocycles. The van der Waals surface area contributed by atoms with Crippen molar-refractivity contribution >= 4 is 28.5 Å². The average Bonchev–Trinajstić information content (AvgIpc) is 3.54. The molecule has 1 fully saturated rings. The van der Waals surface area contributed by atoms with Gasteiger partial charge in [0.1, 0.15) is 29.7 Å². The zero-order valence-corrected chi connectivity index (χ0v) is 17.1. The third-order valence-electron chi connectivity index (χ3n) is 5.50. The Morgan fingerprint density at radius 1 is 1.35 bits per heavy atom. The predicted octanol–water partition coefficient (Wildman–Crippen LogP) is 4.63. The number of hydrogen-bond donors (Lipinski definition) is 2. The molecule has 31 heavy (non-hydrogen) atoms. The number of nitrogens with zero attached hydrogens (tertiary/aromatic N) is 4. The second kappa shape index (κ2) is 7.62. The number of aromatic nitrogens is 3. The number of hydrogen-bond acceptors (Lipinski definition) is 6. The van der Waals surface area contributed by atoms with Gasteiger partial charge in [0.05, 0.1) is 28.5 Å². The van der Waals surface area contributed by atoms with Crippen LogP contribution < -0.4 is 5.32 Å². The zero-order valence-electron chi connectivity index (χ0n) is 16.3. The monoisotopic (exact) mass is 447 g/mol. The molecule has 10 heteroatoms. The van der Waals surface area contributed by atoms with Gasteiger partial charge in [-0.15, -0.1) is 0 Å². The first-order valence-corrected chi connectivity index (χ1v) is 9.87. The molecular weight excluding hydrogens is 431 g/mol. The Balaban J connectivity index is 1.74. The van der Waals surface area contributed by atoms with Gasteiger partial charge in [-0.2, -0.15) is 14.0 Å². The second-order valence-corrected chi connectivity index (χ2v) is 7.91. The number of nitrogens with one attached hydrogen (secondary N) is 1. The number of anilines is 1. The van der Waals surface area contributed by atoms with Crippen molar-refractivity contribution < 1.29 is 18.3 Å². The third kappa shape index (κ3) is 3.66. The van der Waals surface area contributed by atoms with Gasteiger partial charge >= 0.3 is 0 Å². The molecule has 2 N–H and O–H groups in total. The summed E-state index contributed by atoms with van der Waals surface area (Å²) >= 11 is 6.27. The lowest BCUT2D eigenvalue weighted by atomic mass is 9.98. The smallest absolute Gasteiger partial charge is 0.298 e. The highest BCUT2D eigenvalue weighted by molar-refractivity contribution is 6.30. The van der Waals surface area contributed by atoms with Crippen molar-refractivity contribution in [2.75, 3.05) is 11.9 Å². The van der Waals surface area contributed by atoms with E-state index in [0.717, 1.165) is 6.07 Å². The Bertz CT molecular complexity index is 1210. The van der Waals surface area contributed by atoms with Crippen molar-refractivity contribution in [3.63, 3.8) is 0 Å². The molecule has 1 saturated carbocycles. The second-order valence-electron chi connectivity index (χ2n) is 7.55. The van der Waals surface area contributed by atoms with E-state index in [1.807, 2.05) is 0 Å². The molecule has 0 unspecified atom stereocenters. The van der Waals surface area contributed by atoms with Crippen LogP contribution in [0.2, 0.25) is 5.15 Å². The lowest BCUT2D eigenvalue weighted by Crippen LogP contribution is -2.22.